The summed E-state index contributed by atoms with van der Waals surface area (Å²) < 4.78 is 16.1. The van der Waals surface area contributed by atoms with E-state index < -0.39 is 0 Å². The standard InChI is InChI=1S/C25H23N3O2/c1-2-10-27(9-1)13-15-29-22-7-5-20-17-21-6-8-23(19-25(21)26-24(20)18-22)30-16-14-28-11-3-4-12-28/h1-12,17-19H,13-16H2. The quantitative estimate of drug-likeness (QED) is 0.340. The molecule has 0 amide bonds. The van der Waals surface area contributed by atoms with Crippen molar-refractivity contribution in [2.45, 2.75) is 13.1 Å². The summed E-state index contributed by atoms with van der Waals surface area (Å²) >= 11 is 0. The van der Waals surface area contributed by atoms with Gasteiger partial charge in [-0.2, -0.15) is 0 Å². The molecule has 5 aromatic rings. The normalized spacial score (nSPS) is 11.2. The van der Waals surface area contributed by atoms with E-state index >= 15 is 0 Å². The molecule has 0 aliphatic heterocycles. The number of ether oxygens (including phenoxy) is 2. The van der Waals surface area contributed by atoms with Gasteiger partial charge in [-0.25, -0.2) is 4.98 Å². The highest BCUT2D eigenvalue weighted by atomic mass is 16.5. The molecule has 0 bridgehead atoms. The van der Waals surface area contributed by atoms with Gasteiger partial charge in [-0.05, 0) is 54.6 Å². The Morgan fingerprint density at radius 1 is 0.600 bits per heavy atom. The maximum atomic E-state index is 5.92. The zero-order chi connectivity index (χ0) is 20.2. The van der Waals surface area contributed by atoms with Crippen molar-refractivity contribution in [1.82, 2.24) is 14.1 Å². The molecule has 0 aliphatic carbocycles. The molecule has 0 N–H and O–H groups in total. The van der Waals surface area contributed by atoms with Gasteiger partial charge in [-0.15, -0.1) is 0 Å². The molecule has 0 saturated heterocycles. The Hall–Kier alpha value is -3.73. The lowest BCUT2D eigenvalue weighted by atomic mass is 10.1. The van der Waals surface area contributed by atoms with Crippen LogP contribution in [0.2, 0.25) is 0 Å². The second-order valence-electron chi connectivity index (χ2n) is 7.24. The van der Waals surface area contributed by atoms with Crippen molar-refractivity contribution in [3.05, 3.63) is 91.5 Å². The smallest absolute Gasteiger partial charge is 0.121 e. The van der Waals surface area contributed by atoms with Crippen LogP contribution in [0.3, 0.4) is 0 Å². The SMILES string of the molecule is c1ccn(CCOc2ccc3cc4ccc(OCCn5cccc5)cc4nc3c2)c1. The van der Waals surface area contributed by atoms with Crippen molar-refractivity contribution in [1.29, 1.82) is 0 Å². The van der Waals surface area contributed by atoms with E-state index in [0.717, 1.165) is 46.4 Å². The molecule has 0 fully saturated rings. The van der Waals surface area contributed by atoms with E-state index in [9.17, 15) is 0 Å². The Labute approximate surface area is 175 Å². The molecule has 150 valence electrons. The maximum Gasteiger partial charge on any atom is 0.121 e. The lowest BCUT2D eigenvalue weighted by Crippen LogP contribution is -2.06. The van der Waals surface area contributed by atoms with Crippen LogP contribution in [0.1, 0.15) is 0 Å². The van der Waals surface area contributed by atoms with Gasteiger partial charge < -0.3 is 18.6 Å². The highest BCUT2D eigenvalue weighted by Gasteiger charge is 2.05. The summed E-state index contributed by atoms with van der Waals surface area (Å²) in [5.74, 6) is 1.67. The number of rotatable bonds is 8. The minimum atomic E-state index is 0.618. The van der Waals surface area contributed by atoms with Gasteiger partial charge in [0.2, 0.25) is 0 Å². The zero-order valence-corrected chi connectivity index (χ0v) is 16.6. The summed E-state index contributed by atoms with van der Waals surface area (Å²) in [6, 6.07) is 22.4. The third-order valence-corrected chi connectivity index (χ3v) is 5.12. The molecule has 5 heteroatoms. The molecule has 5 nitrogen and oxygen atoms in total. The number of benzene rings is 2. The fourth-order valence-corrected chi connectivity index (χ4v) is 3.54. The van der Waals surface area contributed by atoms with Crippen molar-refractivity contribution >= 4 is 21.8 Å². The summed E-state index contributed by atoms with van der Waals surface area (Å²) in [6.07, 6.45) is 8.15. The van der Waals surface area contributed by atoms with E-state index in [-0.39, 0.29) is 0 Å². The second kappa shape index (κ2) is 8.33. The summed E-state index contributed by atoms with van der Waals surface area (Å²) in [4.78, 5) is 4.84. The Morgan fingerprint density at radius 3 is 1.53 bits per heavy atom. The third-order valence-electron chi connectivity index (χ3n) is 5.12. The lowest BCUT2D eigenvalue weighted by molar-refractivity contribution is 0.299. The highest BCUT2D eigenvalue weighted by Crippen LogP contribution is 2.26. The number of nitrogens with zero attached hydrogens (tertiary/aromatic N) is 3. The molecule has 2 aromatic carbocycles. The topological polar surface area (TPSA) is 41.2 Å². The number of fused-ring (bicyclic) bond motifs is 2. The van der Waals surface area contributed by atoms with Crippen molar-refractivity contribution in [3.8, 4) is 11.5 Å². The minimum Gasteiger partial charge on any atom is -0.492 e. The van der Waals surface area contributed by atoms with Crippen molar-refractivity contribution in [3.63, 3.8) is 0 Å². The van der Waals surface area contributed by atoms with E-state index in [1.807, 2.05) is 73.3 Å². The van der Waals surface area contributed by atoms with Gasteiger partial charge in [0.1, 0.15) is 24.7 Å². The Balaban J connectivity index is 1.30. The Bertz CT molecular complexity index is 1150. The van der Waals surface area contributed by atoms with Crippen LogP contribution in [0, 0.1) is 0 Å². The van der Waals surface area contributed by atoms with Gasteiger partial charge in [-0.3, -0.25) is 0 Å². The van der Waals surface area contributed by atoms with Crippen LogP contribution in [0.5, 0.6) is 11.5 Å². The van der Waals surface area contributed by atoms with E-state index in [1.54, 1.807) is 0 Å². The second-order valence-corrected chi connectivity index (χ2v) is 7.24. The summed E-state index contributed by atoms with van der Waals surface area (Å²) in [6.45, 7) is 2.88. The van der Waals surface area contributed by atoms with Crippen molar-refractivity contribution < 1.29 is 9.47 Å². The molecule has 0 saturated carbocycles. The van der Waals surface area contributed by atoms with Gasteiger partial charge in [0, 0.05) is 47.7 Å². The lowest BCUT2D eigenvalue weighted by Gasteiger charge is -2.10. The first-order valence-electron chi connectivity index (χ1n) is 10.2. The first-order chi connectivity index (χ1) is 14.8. The number of hydrogen-bond acceptors (Lipinski definition) is 3. The highest BCUT2D eigenvalue weighted by molar-refractivity contribution is 5.93. The molecule has 0 aliphatic rings. The van der Waals surface area contributed by atoms with E-state index in [0.29, 0.717) is 13.2 Å². The van der Waals surface area contributed by atoms with Gasteiger partial charge in [-0.1, -0.05) is 0 Å². The first kappa shape index (κ1) is 18.3. The fraction of sp³-hybridized carbons (Fsp3) is 0.160. The Kier molecular flexibility index (Phi) is 5.08. The van der Waals surface area contributed by atoms with Crippen LogP contribution in [-0.4, -0.2) is 27.3 Å². The van der Waals surface area contributed by atoms with Crippen molar-refractivity contribution in [2.24, 2.45) is 0 Å². The maximum absolute atomic E-state index is 5.92. The summed E-state index contributed by atoms with van der Waals surface area (Å²) in [5.41, 5.74) is 1.84. The number of pyridine rings is 1. The van der Waals surface area contributed by atoms with Gasteiger partial charge in [0.05, 0.1) is 24.1 Å². The van der Waals surface area contributed by atoms with E-state index in [4.69, 9.17) is 14.5 Å². The van der Waals surface area contributed by atoms with Crippen LogP contribution in [0.4, 0.5) is 0 Å². The van der Waals surface area contributed by atoms with Gasteiger partial charge in [0.15, 0.2) is 0 Å². The molecule has 30 heavy (non-hydrogen) atoms. The van der Waals surface area contributed by atoms with Gasteiger partial charge in [0.25, 0.3) is 0 Å². The monoisotopic (exact) mass is 397 g/mol. The fourth-order valence-electron chi connectivity index (χ4n) is 3.54. The van der Waals surface area contributed by atoms with Gasteiger partial charge >= 0.3 is 0 Å². The van der Waals surface area contributed by atoms with Crippen LogP contribution < -0.4 is 9.47 Å². The summed E-state index contributed by atoms with van der Waals surface area (Å²) in [5, 5.41) is 2.20. The minimum absolute atomic E-state index is 0.618. The average Bonchev–Trinajstić information content (AvgIpc) is 3.47. The molecule has 0 radical (unpaired) electrons. The molecule has 0 unspecified atom stereocenters. The van der Waals surface area contributed by atoms with E-state index in [2.05, 4.69) is 27.3 Å². The predicted molar refractivity (Wildman–Crippen MR) is 119 cm³/mol. The molecule has 0 atom stereocenters. The predicted octanol–water partition coefficient (Wildman–Crippen LogP) is 5.15. The van der Waals surface area contributed by atoms with Crippen LogP contribution in [0.25, 0.3) is 21.8 Å². The first-order valence-corrected chi connectivity index (χ1v) is 10.2. The van der Waals surface area contributed by atoms with E-state index in [1.165, 1.54) is 0 Å². The van der Waals surface area contributed by atoms with Crippen LogP contribution >= 0.6 is 0 Å². The van der Waals surface area contributed by atoms with Crippen LogP contribution in [0.15, 0.2) is 91.5 Å². The Morgan fingerprint density at radius 2 is 1.07 bits per heavy atom. The van der Waals surface area contributed by atoms with Crippen molar-refractivity contribution in [2.75, 3.05) is 13.2 Å². The molecule has 0 spiro atoms. The summed E-state index contributed by atoms with van der Waals surface area (Å²) in [7, 11) is 0. The average molecular weight is 397 g/mol. The molecule has 3 heterocycles. The molecular formula is C25H23N3O2. The van der Waals surface area contributed by atoms with Crippen LogP contribution in [-0.2, 0) is 13.1 Å². The molecule has 3 aromatic heterocycles. The molecule has 5 rings (SSSR count). The number of hydrogen-bond donors (Lipinski definition) is 0. The molecular weight excluding hydrogens is 374 g/mol. The number of aromatic nitrogens is 3. The largest absolute Gasteiger partial charge is 0.492 e. The third kappa shape index (κ3) is 4.15. The zero-order valence-electron chi connectivity index (χ0n) is 16.6.